The highest BCUT2D eigenvalue weighted by Crippen LogP contribution is 2.39. The van der Waals surface area contributed by atoms with Gasteiger partial charge in [0.25, 0.3) is 0 Å². The van der Waals surface area contributed by atoms with Gasteiger partial charge in [-0.15, -0.1) is 0 Å². The third kappa shape index (κ3) is 3.18. The summed E-state index contributed by atoms with van der Waals surface area (Å²) in [7, 11) is 0. The zero-order valence-corrected chi connectivity index (χ0v) is 13.3. The van der Waals surface area contributed by atoms with Gasteiger partial charge in [-0.3, -0.25) is 9.89 Å². The molecule has 4 N–H and O–H groups in total. The predicted molar refractivity (Wildman–Crippen MR) is 91.0 cm³/mol. The van der Waals surface area contributed by atoms with E-state index < -0.39 is 5.69 Å². The summed E-state index contributed by atoms with van der Waals surface area (Å²) in [6.45, 7) is 0. The quantitative estimate of drug-likeness (QED) is 0.565. The first-order valence-electron chi connectivity index (χ1n) is 8.04. The molecule has 0 radical (unpaired) electrons. The van der Waals surface area contributed by atoms with Crippen LogP contribution in [-0.2, 0) is 11.2 Å². The standard InChI is InChI=1S/C17H17N5O3/c23-15(19-14-8-13(20-21-14)11-3-4-11)7-10-1-5-12(6-2-10)22-16(24)9-18-17(22)25/h1-2,5-6,8-9,11,24H,3-4,7H2,(H,18,25)(H2,19,20,21,23). The molecule has 0 saturated heterocycles. The molecule has 1 aromatic carbocycles. The molecule has 0 aliphatic heterocycles. The SMILES string of the molecule is O=C(Cc1ccc(-n2c(O)c[nH]c2=O)cc1)Nc1cc(C2CC2)[nH]n1. The number of carbonyl (C=O) groups excluding carboxylic acids is 1. The Morgan fingerprint density at radius 2 is 2.08 bits per heavy atom. The fraction of sp³-hybridized carbons (Fsp3) is 0.235. The van der Waals surface area contributed by atoms with Gasteiger partial charge in [0.15, 0.2) is 5.82 Å². The van der Waals surface area contributed by atoms with Gasteiger partial charge in [-0.05, 0) is 30.5 Å². The zero-order valence-electron chi connectivity index (χ0n) is 13.3. The van der Waals surface area contributed by atoms with Crippen LogP contribution in [0.15, 0.2) is 41.3 Å². The highest BCUT2D eigenvalue weighted by atomic mass is 16.3. The van der Waals surface area contributed by atoms with E-state index in [1.807, 2.05) is 6.07 Å². The molecule has 1 fully saturated rings. The van der Waals surface area contributed by atoms with Crippen LogP contribution in [0.5, 0.6) is 5.88 Å². The molecule has 3 aromatic rings. The molecule has 128 valence electrons. The number of H-pyrrole nitrogens is 2. The normalized spacial score (nSPS) is 13.8. The van der Waals surface area contributed by atoms with Gasteiger partial charge in [0.2, 0.25) is 11.8 Å². The number of nitrogens with one attached hydrogen (secondary N) is 3. The molecule has 0 unspecified atom stereocenters. The number of nitrogens with zero attached hydrogens (tertiary/aromatic N) is 2. The number of aromatic hydroxyl groups is 1. The molecule has 2 aromatic heterocycles. The van der Waals surface area contributed by atoms with E-state index in [0.29, 0.717) is 17.4 Å². The second-order valence-corrected chi connectivity index (χ2v) is 6.16. The zero-order chi connectivity index (χ0) is 17.4. The highest BCUT2D eigenvalue weighted by molar-refractivity contribution is 5.91. The van der Waals surface area contributed by atoms with Crippen LogP contribution < -0.4 is 11.0 Å². The third-order valence-electron chi connectivity index (χ3n) is 4.20. The minimum atomic E-state index is -0.423. The summed E-state index contributed by atoms with van der Waals surface area (Å²) in [5.41, 5.74) is 1.96. The summed E-state index contributed by atoms with van der Waals surface area (Å²) in [6.07, 6.45) is 3.76. The minimum Gasteiger partial charge on any atom is -0.493 e. The second-order valence-electron chi connectivity index (χ2n) is 6.16. The third-order valence-corrected chi connectivity index (χ3v) is 4.20. The van der Waals surface area contributed by atoms with Crippen molar-refractivity contribution in [2.24, 2.45) is 0 Å². The van der Waals surface area contributed by atoms with E-state index in [9.17, 15) is 14.7 Å². The van der Waals surface area contributed by atoms with Crippen molar-refractivity contribution < 1.29 is 9.90 Å². The Morgan fingerprint density at radius 3 is 2.72 bits per heavy atom. The molecular weight excluding hydrogens is 322 g/mol. The monoisotopic (exact) mass is 339 g/mol. The lowest BCUT2D eigenvalue weighted by atomic mass is 10.1. The molecule has 0 atom stereocenters. The van der Waals surface area contributed by atoms with Crippen molar-refractivity contribution in [2.45, 2.75) is 25.2 Å². The van der Waals surface area contributed by atoms with Gasteiger partial charge >= 0.3 is 5.69 Å². The smallest absolute Gasteiger partial charge is 0.333 e. The van der Waals surface area contributed by atoms with Crippen LogP contribution in [0.1, 0.15) is 30.0 Å². The van der Waals surface area contributed by atoms with Crippen molar-refractivity contribution in [1.82, 2.24) is 19.7 Å². The number of rotatable bonds is 5. The molecule has 1 saturated carbocycles. The van der Waals surface area contributed by atoms with Gasteiger partial charge in [0.05, 0.1) is 18.3 Å². The van der Waals surface area contributed by atoms with Gasteiger partial charge in [-0.1, -0.05) is 12.1 Å². The summed E-state index contributed by atoms with van der Waals surface area (Å²) in [4.78, 5) is 26.2. The maximum Gasteiger partial charge on any atom is 0.333 e. The first-order chi connectivity index (χ1) is 12.1. The van der Waals surface area contributed by atoms with Crippen LogP contribution >= 0.6 is 0 Å². The number of imidazole rings is 1. The lowest BCUT2D eigenvalue weighted by Crippen LogP contribution is -2.16. The molecule has 1 amide bonds. The Kier molecular flexibility index (Phi) is 3.64. The Hall–Kier alpha value is -3.29. The van der Waals surface area contributed by atoms with E-state index in [2.05, 4.69) is 20.5 Å². The van der Waals surface area contributed by atoms with Gasteiger partial charge in [0, 0.05) is 17.7 Å². The number of aromatic amines is 2. The lowest BCUT2D eigenvalue weighted by Gasteiger charge is -2.05. The van der Waals surface area contributed by atoms with E-state index in [-0.39, 0.29) is 18.2 Å². The van der Waals surface area contributed by atoms with Crippen LogP contribution in [0.4, 0.5) is 5.82 Å². The number of amides is 1. The van der Waals surface area contributed by atoms with Crippen molar-refractivity contribution in [3.8, 4) is 11.6 Å². The minimum absolute atomic E-state index is 0.164. The van der Waals surface area contributed by atoms with Crippen molar-refractivity contribution in [2.75, 3.05) is 5.32 Å². The molecule has 0 spiro atoms. The highest BCUT2D eigenvalue weighted by Gasteiger charge is 2.25. The molecule has 0 bridgehead atoms. The Bertz CT molecular complexity index is 963. The maximum absolute atomic E-state index is 12.1. The summed E-state index contributed by atoms with van der Waals surface area (Å²) in [5, 5.41) is 19.5. The Labute approximate surface area is 142 Å². The average molecular weight is 339 g/mol. The van der Waals surface area contributed by atoms with Crippen LogP contribution in [0.3, 0.4) is 0 Å². The first kappa shape index (κ1) is 15.3. The number of benzene rings is 1. The Morgan fingerprint density at radius 1 is 1.32 bits per heavy atom. The Balaban J connectivity index is 1.41. The maximum atomic E-state index is 12.1. The van der Waals surface area contributed by atoms with Gasteiger partial charge in [-0.25, -0.2) is 9.36 Å². The fourth-order valence-corrected chi connectivity index (χ4v) is 2.75. The molecule has 1 aliphatic rings. The first-order valence-corrected chi connectivity index (χ1v) is 8.04. The van der Waals surface area contributed by atoms with E-state index in [1.165, 1.54) is 19.0 Å². The van der Waals surface area contributed by atoms with E-state index in [4.69, 9.17) is 0 Å². The van der Waals surface area contributed by atoms with Crippen LogP contribution in [0.2, 0.25) is 0 Å². The van der Waals surface area contributed by atoms with Crippen LogP contribution in [0.25, 0.3) is 5.69 Å². The number of aromatic nitrogens is 4. The van der Waals surface area contributed by atoms with Gasteiger partial charge in [0.1, 0.15) is 0 Å². The number of carbonyl (C=O) groups is 1. The molecule has 2 heterocycles. The number of hydrogen-bond acceptors (Lipinski definition) is 4. The lowest BCUT2D eigenvalue weighted by molar-refractivity contribution is -0.115. The molecule has 4 rings (SSSR count). The van der Waals surface area contributed by atoms with Crippen LogP contribution in [-0.4, -0.2) is 30.8 Å². The van der Waals surface area contributed by atoms with E-state index >= 15 is 0 Å². The predicted octanol–water partition coefficient (Wildman–Crippen LogP) is 1.65. The second kappa shape index (κ2) is 5.97. The van der Waals surface area contributed by atoms with E-state index in [1.54, 1.807) is 24.3 Å². The summed E-state index contributed by atoms with van der Waals surface area (Å²) in [6, 6.07) is 8.72. The van der Waals surface area contributed by atoms with Crippen molar-refractivity contribution in [3.63, 3.8) is 0 Å². The molecule has 8 nitrogen and oxygen atoms in total. The summed E-state index contributed by atoms with van der Waals surface area (Å²) < 4.78 is 1.15. The summed E-state index contributed by atoms with van der Waals surface area (Å²) in [5.74, 6) is 0.759. The molecule has 25 heavy (non-hydrogen) atoms. The average Bonchev–Trinajstić information content (AvgIpc) is 3.25. The topological polar surface area (TPSA) is 116 Å². The van der Waals surface area contributed by atoms with Crippen molar-refractivity contribution in [1.29, 1.82) is 0 Å². The van der Waals surface area contributed by atoms with Crippen molar-refractivity contribution in [3.05, 3.63) is 58.3 Å². The molecule has 8 heteroatoms. The van der Waals surface area contributed by atoms with Crippen molar-refractivity contribution >= 4 is 11.7 Å². The number of anilines is 1. The summed E-state index contributed by atoms with van der Waals surface area (Å²) >= 11 is 0. The van der Waals surface area contributed by atoms with Crippen LogP contribution in [0, 0.1) is 0 Å². The van der Waals surface area contributed by atoms with Gasteiger partial charge in [-0.2, -0.15) is 5.10 Å². The number of hydrogen-bond donors (Lipinski definition) is 4. The fourth-order valence-electron chi connectivity index (χ4n) is 2.75. The van der Waals surface area contributed by atoms with E-state index in [0.717, 1.165) is 15.8 Å². The largest absolute Gasteiger partial charge is 0.493 e. The van der Waals surface area contributed by atoms with Gasteiger partial charge < -0.3 is 15.4 Å². The molecule has 1 aliphatic carbocycles. The molecular formula is C17H17N5O3.